The van der Waals surface area contributed by atoms with Crippen LogP contribution in [0.1, 0.15) is 5.56 Å². The average molecular weight is 284 g/mol. The van der Waals surface area contributed by atoms with Gasteiger partial charge in [-0.05, 0) is 18.6 Å². The third-order valence-corrected chi connectivity index (χ3v) is 3.12. The molecule has 0 aliphatic carbocycles. The molecule has 0 N–H and O–H groups in total. The maximum absolute atomic E-state index is 10.7. The van der Waals surface area contributed by atoms with E-state index in [1.807, 2.05) is 11.6 Å². The van der Waals surface area contributed by atoms with Gasteiger partial charge in [-0.1, -0.05) is 0 Å². The molecule has 0 fully saturated rings. The van der Waals surface area contributed by atoms with Crippen LogP contribution in [0.4, 0.5) is 5.69 Å². The van der Waals surface area contributed by atoms with Gasteiger partial charge in [0.15, 0.2) is 5.65 Å². The van der Waals surface area contributed by atoms with Gasteiger partial charge in [0.1, 0.15) is 17.0 Å². The van der Waals surface area contributed by atoms with E-state index in [2.05, 4.69) is 9.97 Å². The van der Waals surface area contributed by atoms with Crippen molar-refractivity contribution in [1.29, 1.82) is 0 Å². The number of pyridine rings is 1. The maximum atomic E-state index is 10.7. The lowest BCUT2D eigenvalue weighted by molar-refractivity contribution is -0.384. The van der Waals surface area contributed by atoms with Gasteiger partial charge in [0, 0.05) is 25.2 Å². The molecule has 7 nitrogen and oxygen atoms in total. The first-order valence-corrected chi connectivity index (χ1v) is 6.24. The van der Waals surface area contributed by atoms with Crippen molar-refractivity contribution in [2.45, 2.75) is 6.92 Å². The highest BCUT2D eigenvalue weighted by molar-refractivity contribution is 5.72. The van der Waals surface area contributed by atoms with Crippen molar-refractivity contribution in [3.8, 4) is 11.5 Å². The smallest absolute Gasteiger partial charge is 0.269 e. The summed E-state index contributed by atoms with van der Waals surface area (Å²) in [6.45, 7) is 1.76. The van der Waals surface area contributed by atoms with Crippen molar-refractivity contribution in [2.24, 2.45) is 7.05 Å². The van der Waals surface area contributed by atoms with Crippen LogP contribution in [-0.4, -0.2) is 19.5 Å². The maximum Gasteiger partial charge on any atom is 0.269 e. The van der Waals surface area contributed by atoms with Crippen LogP contribution in [0.2, 0.25) is 0 Å². The normalized spacial score (nSPS) is 10.8. The van der Waals surface area contributed by atoms with Gasteiger partial charge in [0.2, 0.25) is 0 Å². The van der Waals surface area contributed by atoms with Crippen molar-refractivity contribution >= 4 is 16.9 Å². The molecule has 0 saturated carbocycles. The zero-order valence-corrected chi connectivity index (χ0v) is 11.5. The van der Waals surface area contributed by atoms with E-state index in [4.69, 9.17) is 4.74 Å². The molecule has 3 rings (SSSR count). The highest BCUT2D eigenvalue weighted by Crippen LogP contribution is 2.28. The molecule has 0 radical (unpaired) electrons. The molecule has 7 heteroatoms. The minimum absolute atomic E-state index is 0.0400. The van der Waals surface area contributed by atoms with E-state index in [1.54, 1.807) is 31.6 Å². The number of aromatic nitrogens is 3. The van der Waals surface area contributed by atoms with Gasteiger partial charge in [-0.25, -0.2) is 9.97 Å². The average Bonchev–Trinajstić information content (AvgIpc) is 2.82. The Morgan fingerprint density at radius 2 is 2.10 bits per heavy atom. The molecule has 106 valence electrons. The fourth-order valence-electron chi connectivity index (χ4n) is 2.04. The minimum Gasteiger partial charge on any atom is -0.455 e. The first kappa shape index (κ1) is 13.0. The summed E-state index contributed by atoms with van der Waals surface area (Å²) >= 11 is 0. The van der Waals surface area contributed by atoms with Crippen molar-refractivity contribution in [3.05, 3.63) is 52.5 Å². The molecule has 0 atom stereocenters. The van der Waals surface area contributed by atoms with Crippen LogP contribution in [0, 0.1) is 17.0 Å². The van der Waals surface area contributed by atoms with E-state index in [0.717, 1.165) is 11.2 Å². The molecular weight excluding hydrogens is 272 g/mol. The third-order valence-electron chi connectivity index (χ3n) is 3.12. The molecule has 0 aliphatic rings. The molecule has 0 bridgehead atoms. The molecule has 0 unspecified atom stereocenters. The molecule has 0 aliphatic heterocycles. The zero-order valence-electron chi connectivity index (χ0n) is 11.5. The van der Waals surface area contributed by atoms with Crippen molar-refractivity contribution < 1.29 is 9.66 Å². The van der Waals surface area contributed by atoms with Crippen LogP contribution in [0.5, 0.6) is 11.5 Å². The summed E-state index contributed by atoms with van der Waals surface area (Å²) in [5, 5.41) is 10.7. The van der Waals surface area contributed by atoms with Crippen LogP contribution < -0.4 is 4.74 Å². The molecule has 1 aromatic carbocycles. The number of imidazole rings is 1. The molecular formula is C14H12N4O3. The standard InChI is InChI=1S/C14H12N4O3/c1-9-5-10(18(19)20)3-4-13(9)21-11-6-12-14(15-7-11)17(2)8-16-12/h3-8H,1-2H3. The number of aryl methyl sites for hydroxylation is 2. The minimum atomic E-state index is -0.432. The largest absolute Gasteiger partial charge is 0.455 e. The van der Waals surface area contributed by atoms with Crippen LogP contribution in [0.15, 0.2) is 36.8 Å². The van der Waals surface area contributed by atoms with Crippen LogP contribution in [-0.2, 0) is 7.05 Å². The van der Waals surface area contributed by atoms with E-state index in [-0.39, 0.29) is 5.69 Å². The first-order valence-electron chi connectivity index (χ1n) is 6.24. The Kier molecular flexibility index (Phi) is 3.02. The van der Waals surface area contributed by atoms with Crippen LogP contribution in [0.25, 0.3) is 11.2 Å². The second kappa shape index (κ2) is 4.86. The zero-order chi connectivity index (χ0) is 15.0. The van der Waals surface area contributed by atoms with Gasteiger partial charge >= 0.3 is 0 Å². The van der Waals surface area contributed by atoms with Gasteiger partial charge in [0.05, 0.1) is 17.4 Å². The molecule has 0 spiro atoms. The summed E-state index contributed by atoms with van der Waals surface area (Å²) in [6.07, 6.45) is 3.28. The number of fused-ring (bicyclic) bond motifs is 1. The fourth-order valence-corrected chi connectivity index (χ4v) is 2.04. The van der Waals surface area contributed by atoms with E-state index < -0.39 is 4.92 Å². The lowest BCUT2D eigenvalue weighted by Gasteiger charge is -2.08. The van der Waals surface area contributed by atoms with Crippen molar-refractivity contribution in [3.63, 3.8) is 0 Å². The number of hydrogen-bond acceptors (Lipinski definition) is 5. The first-order chi connectivity index (χ1) is 10.0. The number of nitro benzene ring substituents is 1. The lowest BCUT2D eigenvalue weighted by atomic mass is 10.2. The Labute approximate surface area is 120 Å². The highest BCUT2D eigenvalue weighted by Gasteiger charge is 2.10. The number of ether oxygens (including phenoxy) is 1. The summed E-state index contributed by atoms with van der Waals surface area (Å²) in [6, 6.07) is 6.25. The Morgan fingerprint density at radius 3 is 2.81 bits per heavy atom. The number of nitro groups is 1. The van der Waals surface area contributed by atoms with Gasteiger partial charge in [-0.15, -0.1) is 0 Å². The number of hydrogen-bond donors (Lipinski definition) is 0. The Morgan fingerprint density at radius 1 is 1.29 bits per heavy atom. The van der Waals surface area contributed by atoms with Crippen LogP contribution in [0.3, 0.4) is 0 Å². The summed E-state index contributed by atoms with van der Waals surface area (Å²) in [5.74, 6) is 1.09. The topological polar surface area (TPSA) is 83.1 Å². The third kappa shape index (κ3) is 2.40. The molecule has 0 amide bonds. The van der Waals surface area contributed by atoms with Gasteiger partial charge in [0.25, 0.3) is 5.69 Å². The second-order valence-electron chi connectivity index (χ2n) is 4.68. The second-order valence-corrected chi connectivity index (χ2v) is 4.68. The van der Waals surface area contributed by atoms with Crippen molar-refractivity contribution in [1.82, 2.24) is 14.5 Å². The van der Waals surface area contributed by atoms with E-state index >= 15 is 0 Å². The monoisotopic (exact) mass is 284 g/mol. The Hall–Kier alpha value is -2.96. The molecule has 2 aromatic heterocycles. The predicted molar refractivity (Wildman–Crippen MR) is 76.4 cm³/mol. The van der Waals surface area contributed by atoms with Crippen molar-refractivity contribution in [2.75, 3.05) is 0 Å². The Bertz CT molecular complexity index is 841. The summed E-state index contributed by atoms with van der Waals surface area (Å²) in [5.41, 5.74) is 2.22. The predicted octanol–water partition coefficient (Wildman–Crippen LogP) is 2.98. The summed E-state index contributed by atoms with van der Waals surface area (Å²) in [4.78, 5) is 18.8. The SMILES string of the molecule is Cc1cc([N+](=O)[O-])ccc1Oc1cnc2c(c1)ncn2C. The number of non-ortho nitro benzene ring substituents is 1. The fraction of sp³-hybridized carbons (Fsp3) is 0.143. The van der Waals surface area contributed by atoms with E-state index in [9.17, 15) is 10.1 Å². The van der Waals surface area contributed by atoms with Gasteiger partial charge in [-0.3, -0.25) is 10.1 Å². The Balaban J connectivity index is 1.92. The number of nitrogens with zero attached hydrogens (tertiary/aromatic N) is 4. The van der Waals surface area contributed by atoms with E-state index in [1.165, 1.54) is 12.1 Å². The highest BCUT2D eigenvalue weighted by atomic mass is 16.6. The van der Waals surface area contributed by atoms with Crippen LogP contribution >= 0.6 is 0 Å². The summed E-state index contributed by atoms with van der Waals surface area (Å²) < 4.78 is 7.54. The van der Waals surface area contributed by atoms with Gasteiger partial charge in [-0.2, -0.15) is 0 Å². The van der Waals surface area contributed by atoms with Gasteiger partial charge < -0.3 is 9.30 Å². The lowest BCUT2D eigenvalue weighted by Crippen LogP contribution is -1.93. The number of benzene rings is 1. The quantitative estimate of drug-likeness (QED) is 0.545. The summed E-state index contributed by atoms with van der Waals surface area (Å²) in [7, 11) is 1.86. The van der Waals surface area contributed by atoms with E-state index in [0.29, 0.717) is 17.1 Å². The molecule has 3 aromatic rings. The molecule has 0 saturated heterocycles. The molecule has 2 heterocycles. The molecule has 21 heavy (non-hydrogen) atoms. The number of rotatable bonds is 3.